The van der Waals surface area contributed by atoms with Crippen LogP contribution in [0.5, 0.6) is 0 Å². The SMILES string of the molecule is O=C(O)c1cncnc1C(F)(F)F.O=C(OCc1ccccc1)c1cnc(Cl)nc1C(F)(F)F. The molecule has 0 fully saturated rings. The van der Waals surface area contributed by atoms with Crippen molar-refractivity contribution < 1.29 is 45.8 Å². The van der Waals surface area contributed by atoms with E-state index in [2.05, 4.69) is 19.9 Å². The highest BCUT2D eigenvalue weighted by atomic mass is 35.5. The van der Waals surface area contributed by atoms with Crippen LogP contribution in [0.15, 0.2) is 49.1 Å². The van der Waals surface area contributed by atoms with Crippen LogP contribution in [0, 0.1) is 0 Å². The smallest absolute Gasteiger partial charge is 0.434 e. The van der Waals surface area contributed by atoms with Crippen LogP contribution in [-0.2, 0) is 23.7 Å². The molecule has 0 aliphatic heterocycles. The van der Waals surface area contributed by atoms with E-state index in [1.165, 1.54) is 0 Å². The Bertz CT molecular complexity index is 1160. The molecule has 1 aromatic carbocycles. The quantitative estimate of drug-likeness (QED) is 0.306. The molecule has 1 N–H and O–H groups in total. The van der Waals surface area contributed by atoms with Gasteiger partial charge in [-0.3, -0.25) is 0 Å². The number of aromatic carboxylic acids is 1. The van der Waals surface area contributed by atoms with Crippen molar-refractivity contribution in [3.8, 4) is 0 Å². The molecule has 0 aliphatic carbocycles. The third kappa shape index (κ3) is 7.37. The Morgan fingerprint density at radius 1 is 0.912 bits per heavy atom. The molecule has 3 aromatic rings. The molecule has 15 heteroatoms. The molecule has 0 spiro atoms. The standard InChI is InChI=1S/C13H8ClF3N2O2.C6H3F3N2O2/c14-12-18-6-9(10(19-12)13(15,16)17)11(20)21-7-8-4-2-1-3-5-8;7-6(8,9)4-3(5(12)13)1-10-2-11-4/h1-6H,7H2;1-2H,(H,12,13). The van der Waals surface area contributed by atoms with E-state index >= 15 is 0 Å². The molecular formula is C19H11ClF6N4O4. The lowest BCUT2D eigenvalue weighted by Crippen LogP contribution is -2.18. The number of aromatic nitrogens is 4. The number of carboxylic acid groups (broad SMARTS) is 1. The van der Waals surface area contributed by atoms with Gasteiger partial charge in [0.1, 0.15) is 24.1 Å². The van der Waals surface area contributed by atoms with E-state index in [-0.39, 0.29) is 6.61 Å². The van der Waals surface area contributed by atoms with Gasteiger partial charge in [-0.1, -0.05) is 30.3 Å². The Morgan fingerprint density at radius 2 is 1.53 bits per heavy atom. The first-order valence-corrected chi connectivity index (χ1v) is 9.09. The average Bonchev–Trinajstić information content (AvgIpc) is 2.77. The molecule has 0 atom stereocenters. The number of ether oxygens (including phenoxy) is 1. The van der Waals surface area contributed by atoms with Gasteiger partial charge in [-0.15, -0.1) is 0 Å². The number of rotatable bonds is 4. The number of hydrogen-bond acceptors (Lipinski definition) is 7. The number of benzene rings is 1. The van der Waals surface area contributed by atoms with E-state index < -0.39 is 52.1 Å². The Labute approximate surface area is 191 Å². The van der Waals surface area contributed by atoms with Gasteiger partial charge in [-0.05, 0) is 17.2 Å². The topological polar surface area (TPSA) is 115 Å². The lowest BCUT2D eigenvalue weighted by molar-refractivity contribution is -0.142. The Balaban J connectivity index is 0.000000270. The predicted molar refractivity (Wildman–Crippen MR) is 102 cm³/mol. The second kappa shape index (κ2) is 10.9. The normalized spacial score (nSPS) is 11.3. The van der Waals surface area contributed by atoms with Crippen LogP contribution in [-0.4, -0.2) is 37.0 Å². The fourth-order valence-corrected chi connectivity index (χ4v) is 2.37. The van der Waals surface area contributed by atoms with E-state index in [4.69, 9.17) is 21.4 Å². The van der Waals surface area contributed by atoms with Gasteiger partial charge < -0.3 is 9.84 Å². The summed E-state index contributed by atoms with van der Waals surface area (Å²) in [4.78, 5) is 34.5. The molecule has 0 bridgehead atoms. The summed E-state index contributed by atoms with van der Waals surface area (Å²) >= 11 is 5.33. The molecule has 0 radical (unpaired) electrons. The van der Waals surface area contributed by atoms with Gasteiger partial charge in [0, 0.05) is 12.4 Å². The van der Waals surface area contributed by atoms with Gasteiger partial charge in [0.15, 0.2) is 11.4 Å². The summed E-state index contributed by atoms with van der Waals surface area (Å²) in [5.74, 6) is -2.87. The molecule has 8 nitrogen and oxygen atoms in total. The van der Waals surface area contributed by atoms with Crippen molar-refractivity contribution in [3.05, 3.63) is 82.4 Å². The summed E-state index contributed by atoms with van der Waals surface area (Å²) < 4.78 is 79.4. The molecule has 34 heavy (non-hydrogen) atoms. The largest absolute Gasteiger partial charge is 0.478 e. The maximum Gasteiger partial charge on any atom is 0.434 e. The van der Waals surface area contributed by atoms with E-state index in [0.717, 1.165) is 0 Å². The number of carbonyl (C=O) groups is 2. The van der Waals surface area contributed by atoms with Crippen molar-refractivity contribution in [2.45, 2.75) is 19.0 Å². The summed E-state index contributed by atoms with van der Waals surface area (Å²) in [6.07, 6.45) is -7.64. The third-order valence-electron chi connectivity index (χ3n) is 3.67. The molecule has 3 rings (SSSR count). The minimum Gasteiger partial charge on any atom is -0.478 e. The number of nitrogens with zero attached hydrogens (tertiary/aromatic N) is 4. The van der Waals surface area contributed by atoms with Crippen molar-refractivity contribution in [2.24, 2.45) is 0 Å². The minimum absolute atomic E-state index is 0.153. The zero-order valence-corrected chi connectivity index (χ0v) is 17.2. The lowest BCUT2D eigenvalue weighted by Gasteiger charge is -2.11. The first-order valence-electron chi connectivity index (χ1n) is 8.72. The van der Waals surface area contributed by atoms with Gasteiger partial charge >= 0.3 is 24.3 Å². The number of hydrogen-bond donors (Lipinski definition) is 1. The Kier molecular flexibility index (Phi) is 8.46. The van der Waals surface area contributed by atoms with Crippen molar-refractivity contribution in [1.82, 2.24) is 19.9 Å². The monoisotopic (exact) mass is 508 g/mol. The molecule has 0 amide bonds. The summed E-state index contributed by atoms with van der Waals surface area (Å²) in [5, 5.41) is 7.75. The van der Waals surface area contributed by atoms with Crippen molar-refractivity contribution >= 4 is 23.5 Å². The van der Waals surface area contributed by atoms with E-state index in [1.807, 2.05) is 0 Å². The predicted octanol–water partition coefficient (Wildman–Crippen LogP) is 4.70. The maximum absolute atomic E-state index is 12.8. The summed E-state index contributed by atoms with van der Waals surface area (Å²) in [5.41, 5.74) is -3.93. The molecule has 2 aromatic heterocycles. The van der Waals surface area contributed by atoms with E-state index in [1.54, 1.807) is 30.3 Å². The van der Waals surface area contributed by atoms with E-state index in [0.29, 0.717) is 24.3 Å². The second-order valence-electron chi connectivity index (χ2n) is 6.05. The van der Waals surface area contributed by atoms with Gasteiger partial charge in [0.05, 0.1) is 0 Å². The van der Waals surface area contributed by atoms with Crippen molar-refractivity contribution in [2.75, 3.05) is 0 Å². The van der Waals surface area contributed by atoms with Gasteiger partial charge in [-0.25, -0.2) is 29.5 Å². The van der Waals surface area contributed by atoms with Crippen LogP contribution in [0.25, 0.3) is 0 Å². The Hall–Kier alpha value is -3.81. The minimum atomic E-state index is -4.83. The third-order valence-corrected chi connectivity index (χ3v) is 3.85. The maximum atomic E-state index is 12.8. The zero-order valence-electron chi connectivity index (χ0n) is 16.4. The Morgan fingerprint density at radius 3 is 2.06 bits per heavy atom. The van der Waals surface area contributed by atoms with Gasteiger partial charge in [-0.2, -0.15) is 26.3 Å². The number of alkyl halides is 6. The second-order valence-corrected chi connectivity index (χ2v) is 6.39. The number of carbonyl (C=O) groups excluding carboxylic acids is 1. The van der Waals surface area contributed by atoms with E-state index in [9.17, 15) is 35.9 Å². The van der Waals surface area contributed by atoms with Crippen LogP contribution >= 0.6 is 11.6 Å². The fraction of sp³-hybridized carbons (Fsp3) is 0.158. The number of halogens is 7. The van der Waals surface area contributed by atoms with Crippen molar-refractivity contribution in [1.29, 1.82) is 0 Å². The molecule has 180 valence electrons. The first-order chi connectivity index (χ1) is 15.8. The molecular weight excluding hydrogens is 498 g/mol. The molecule has 0 saturated carbocycles. The highest BCUT2D eigenvalue weighted by Gasteiger charge is 2.39. The van der Waals surface area contributed by atoms with Crippen LogP contribution in [0.2, 0.25) is 5.28 Å². The molecule has 0 saturated heterocycles. The van der Waals surface area contributed by atoms with Crippen LogP contribution in [0.1, 0.15) is 37.7 Å². The fourth-order valence-electron chi connectivity index (χ4n) is 2.24. The summed E-state index contributed by atoms with van der Waals surface area (Å²) in [6.45, 7) is -0.153. The molecule has 0 aliphatic rings. The number of esters is 1. The summed E-state index contributed by atoms with van der Waals surface area (Å²) in [6, 6.07) is 8.55. The van der Waals surface area contributed by atoms with Crippen LogP contribution < -0.4 is 0 Å². The van der Waals surface area contributed by atoms with Gasteiger partial charge in [0.2, 0.25) is 5.28 Å². The van der Waals surface area contributed by atoms with Gasteiger partial charge in [0.25, 0.3) is 0 Å². The first kappa shape index (κ1) is 26.4. The van der Waals surface area contributed by atoms with Crippen LogP contribution in [0.3, 0.4) is 0 Å². The molecule has 2 heterocycles. The van der Waals surface area contributed by atoms with Crippen molar-refractivity contribution in [3.63, 3.8) is 0 Å². The zero-order chi connectivity index (χ0) is 25.5. The molecule has 0 unspecified atom stereocenters. The highest BCUT2D eigenvalue weighted by molar-refractivity contribution is 6.28. The average molecular weight is 509 g/mol. The summed E-state index contributed by atoms with van der Waals surface area (Å²) in [7, 11) is 0. The highest BCUT2D eigenvalue weighted by Crippen LogP contribution is 2.31. The lowest BCUT2D eigenvalue weighted by atomic mass is 10.2. The van der Waals surface area contributed by atoms with Crippen LogP contribution in [0.4, 0.5) is 26.3 Å². The number of carboxylic acids is 1.